The van der Waals surface area contributed by atoms with Gasteiger partial charge in [0.15, 0.2) is 5.82 Å². The van der Waals surface area contributed by atoms with Crippen LogP contribution in [0.15, 0.2) is 47.5 Å². The molecule has 0 aliphatic carbocycles. The Morgan fingerprint density at radius 2 is 1.83 bits per heavy atom. The van der Waals surface area contributed by atoms with Gasteiger partial charge in [-0.3, -0.25) is 9.30 Å². The molecule has 1 fully saturated rings. The van der Waals surface area contributed by atoms with E-state index >= 15 is 0 Å². The molecule has 118 valence electrons. The highest BCUT2D eigenvalue weighted by Crippen LogP contribution is 2.19. The van der Waals surface area contributed by atoms with Crippen LogP contribution in [-0.2, 0) is 6.54 Å². The molecule has 1 aliphatic rings. The number of hydrogen-bond donors (Lipinski definition) is 0. The zero-order valence-corrected chi connectivity index (χ0v) is 14.2. The van der Waals surface area contributed by atoms with Crippen molar-refractivity contribution in [2.75, 3.05) is 31.1 Å². The van der Waals surface area contributed by atoms with Gasteiger partial charge in [0.2, 0.25) is 5.65 Å². The zero-order valence-electron chi connectivity index (χ0n) is 12.6. The summed E-state index contributed by atoms with van der Waals surface area (Å²) in [5.41, 5.74) is 2.17. The molecule has 0 radical (unpaired) electrons. The van der Waals surface area contributed by atoms with Crippen molar-refractivity contribution < 1.29 is 0 Å². The smallest absolute Gasteiger partial charge is 0.203 e. The molecule has 0 N–H and O–H groups in total. The summed E-state index contributed by atoms with van der Waals surface area (Å²) in [6, 6.07) is 8.55. The summed E-state index contributed by atoms with van der Waals surface area (Å²) in [6.45, 7) is 4.94. The second kappa shape index (κ2) is 6.25. The van der Waals surface area contributed by atoms with E-state index in [1.165, 1.54) is 5.56 Å². The monoisotopic (exact) mass is 372 g/mol. The van der Waals surface area contributed by atoms with Crippen molar-refractivity contribution in [3.63, 3.8) is 0 Å². The van der Waals surface area contributed by atoms with E-state index in [2.05, 4.69) is 65.2 Å². The van der Waals surface area contributed by atoms with Crippen molar-refractivity contribution in [1.82, 2.24) is 24.5 Å². The average molecular weight is 373 g/mol. The third kappa shape index (κ3) is 3.07. The number of fused-ring (bicyclic) bond motifs is 1. The number of rotatable bonds is 3. The van der Waals surface area contributed by atoms with Crippen molar-refractivity contribution in [1.29, 1.82) is 0 Å². The topological polar surface area (TPSA) is 49.6 Å². The minimum absolute atomic E-state index is 0.828. The normalized spacial score (nSPS) is 16.1. The van der Waals surface area contributed by atoms with Gasteiger partial charge in [-0.15, -0.1) is 10.2 Å². The van der Waals surface area contributed by atoms with E-state index in [9.17, 15) is 0 Å². The summed E-state index contributed by atoms with van der Waals surface area (Å²) < 4.78 is 3.04. The Bertz CT molecular complexity index is 792. The summed E-state index contributed by atoms with van der Waals surface area (Å²) in [5, 5.41) is 8.15. The molecule has 0 saturated carbocycles. The molecule has 6 nitrogen and oxygen atoms in total. The lowest BCUT2D eigenvalue weighted by atomic mass is 10.2. The van der Waals surface area contributed by atoms with Crippen LogP contribution in [0.25, 0.3) is 5.65 Å². The number of nitrogens with zero attached hydrogens (tertiary/aromatic N) is 6. The third-order valence-electron chi connectivity index (χ3n) is 4.19. The van der Waals surface area contributed by atoms with Crippen LogP contribution in [0.4, 0.5) is 5.82 Å². The van der Waals surface area contributed by atoms with Gasteiger partial charge in [-0.2, -0.15) is 0 Å². The standard InChI is InChI=1S/C16H17BrN6/c17-14-3-1-13(2-4-14)11-21-7-9-22(10-8-21)15-16-20-19-12-23(16)6-5-18-15/h1-6,12H,7-11H2. The van der Waals surface area contributed by atoms with Gasteiger partial charge in [0, 0.05) is 49.6 Å². The van der Waals surface area contributed by atoms with Gasteiger partial charge >= 0.3 is 0 Å². The van der Waals surface area contributed by atoms with E-state index in [-0.39, 0.29) is 0 Å². The molecule has 0 unspecified atom stereocenters. The number of piperazine rings is 1. The molecule has 3 aromatic rings. The lowest BCUT2D eigenvalue weighted by Gasteiger charge is -2.35. The maximum absolute atomic E-state index is 4.50. The highest BCUT2D eigenvalue weighted by molar-refractivity contribution is 9.10. The Balaban J connectivity index is 1.43. The van der Waals surface area contributed by atoms with E-state index < -0.39 is 0 Å². The Hall–Kier alpha value is -1.99. The number of benzene rings is 1. The summed E-state index contributed by atoms with van der Waals surface area (Å²) in [4.78, 5) is 9.27. The second-order valence-corrected chi connectivity index (χ2v) is 6.62. The molecule has 1 aliphatic heterocycles. The van der Waals surface area contributed by atoms with Crippen molar-refractivity contribution in [2.45, 2.75) is 6.54 Å². The fourth-order valence-corrected chi connectivity index (χ4v) is 3.20. The maximum atomic E-state index is 4.50. The molecular weight excluding hydrogens is 356 g/mol. The summed E-state index contributed by atoms with van der Waals surface area (Å²) >= 11 is 3.48. The van der Waals surface area contributed by atoms with E-state index in [0.29, 0.717) is 0 Å². The molecule has 1 saturated heterocycles. The van der Waals surface area contributed by atoms with Crippen molar-refractivity contribution in [2.24, 2.45) is 0 Å². The molecule has 1 aromatic carbocycles. The first kappa shape index (κ1) is 14.6. The number of halogens is 1. The Morgan fingerprint density at radius 3 is 2.61 bits per heavy atom. The SMILES string of the molecule is Brc1ccc(CN2CCN(c3nccn4cnnc34)CC2)cc1. The van der Waals surface area contributed by atoms with Gasteiger partial charge in [0.1, 0.15) is 6.33 Å². The highest BCUT2D eigenvalue weighted by Gasteiger charge is 2.20. The molecule has 3 heterocycles. The molecule has 0 bridgehead atoms. The van der Waals surface area contributed by atoms with E-state index in [1.807, 2.05) is 10.6 Å². The first-order chi connectivity index (χ1) is 11.3. The lowest BCUT2D eigenvalue weighted by Crippen LogP contribution is -2.46. The van der Waals surface area contributed by atoms with Crippen LogP contribution >= 0.6 is 15.9 Å². The van der Waals surface area contributed by atoms with Gasteiger partial charge in [-0.1, -0.05) is 28.1 Å². The van der Waals surface area contributed by atoms with Crippen LogP contribution in [0.1, 0.15) is 5.56 Å². The van der Waals surface area contributed by atoms with Crippen molar-refractivity contribution in [3.05, 3.63) is 53.0 Å². The van der Waals surface area contributed by atoms with Gasteiger partial charge in [-0.25, -0.2) is 4.98 Å². The van der Waals surface area contributed by atoms with Crippen LogP contribution in [0, 0.1) is 0 Å². The predicted molar refractivity (Wildman–Crippen MR) is 92.4 cm³/mol. The Kier molecular flexibility index (Phi) is 3.97. The fraction of sp³-hybridized carbons (Fsp3) is 0.312. The average Bonchev–Trinajstić information content (AvgIpc) is 3.06. The van der Waals surface area contributed by atoms with Gasteiger partial charge in [0.25, 0.3) is 0 Å². The minimum atomic E-state index is 0.828. The molecule has 0 amide bonds. The number of aromatic nitrogens is 4. The second-order valence-electron chi connectivity index (χ2n) is 5.70. The van der Waals surface area contributed by atoms with Crippen LogP contribution in [0.3, 0.4) is 0 Å². The third-order valence-corrected chi connectivity index (χ3v) is 4.72. The van der Waals surface area contributed by atoms with Crippen LogP contribution < -0.4 is 4.90 Å². The summed E-state index contributed by atoms with van der Waals surface area (Å²) in [5.74, 6) is 0.924. The van der Waals surface area contributed by atoms with E-state index in [0.717, 1.165) is 48.7 Å². The largest absolute Gasteiger partial charge is 0.351 e. The molecule has 23 heavy (non-hydrogen) atoms. The predicted octanol–water partition coefficient (Wildman–Crippen LogP) is 2.21. The van der Waals surface area contributed by atoms with Crippen LogP contribution in [0.2, 0.25) is 0 Å². The van der Waals surface area contributed by atoms with Gasteiger partial charge in [0.05, 0.1) is 0 Å². The molecule has 4 rings (SSSR count). The van der Waals surface area contributed by atoms with Gasteiger partial charge < -0.3 is 4.90 Å². The molecule has 2 aromatic heterocycles. The van der Waals surface area contributed by atoms with E-state index in [1.54, 1.807) is 12.5 Å². The van der Waals surface area contributed by atoms with Crippen molar-refractivity contribution in [3.8, 4) is 0 Å². The van der Waals surface area contributed by atoms with Crippen LogP contribution in [0.5, 0.6) is 0 Å². The van der Waals surface area contributed by atoms with Crippen molar-refractivity contribution >= 4 is 27.4 Å². The number of hydrogen-bond acceptors (Lipinski definition) is 5. The Morgan fingerprint density at radius 1 is 1.04 bits per heavy atom. The molecular formula is C16H17BrN6. The first-order valence-electron chi connectivity index (χ1n) is 7.66. The van der Waals surface area contributed by atoms with Gasteiger partial charge in [-0.05, 0) is 17.7 Å². The quantitative estimate of drug-likeness (QED) is 0.705. The summed E-state index contributed by atoms with van der Waals surface area (Å²) in [7, 11) is 0. The first-order valence-corrected chi connectivity index (χ1v) is 8.45. The molecule has 7 heteroatoms. The Labute approximate surface area is 142 Å². The fourth-order valence-electron chi connectivity index (χ4n) is 2.93. The molecule has 0 spiro atoms. The summed E-state index contributed by atoms with van der Waals surface area (Å²) in [6.07, 6.45) is 5.40. The maximum Gasteiger partial charge on any atom is 0.203 e. The van der Waals surface area contributed by atoms with E-state index in [4.69, 9.17) is 0 Å². The molecule has 0 atom stereocenters. The van der Waals surface area contributed by atoms with Crippen LogP contribution in [-0.4, -0.2) is 50.7 Å². The minimum Gasteiger partial charge on any atom is -0.351 e. The lowest BCUT2D eigenvalue weighted by molar-refractivity contribution is 0.249. The number of anilines is 1. The highest BCUT2D eigenvalue weighted by atomic mass is 79.9. The zero-order chi connectivity index (χ0) is 15.6.